The van der Waals surface area contributed by atoms with Crippen molar-refractivity contribution in [3.05, 3.63) is 52.8 Å². The maximum atomic E-state index is 12.6. The first kappa shape index (κ1) is 16.3. The Kier molecular flexibility index (Phi) is 4.69. The molecule has 4 nitrogen and oxygen atoms in total. The van der Waals surface area contributed by atoms with Crippen LogP contribution in [0.2, 0.25) is 0 Å². The maximum absolute atomic E-state index is 12.6. The molecule has 118 valence electrons. The highest BCUT2D eigenvalue weighted by atomic mass is 16.2. The Labute approximate surface area is 132 Å². The Balaban J connectivity index is 2.14. The topological polar surface area (TPSA) is 46.9 Å². The van der Waals surface area contributed by atoms with E-state index in [-0.39, 0.29) is 11.4 Å². The van der Waals surface area contributed by atoms with Crippen molar-refractivity contribution in [2.24, 2.45) is 0 Å². The molecule has 1 aromatic carbocycles. The molecule has 0 aliphatic carbocycles. The van der Waals surface area contributed by atoms with E-state index in [4.69, 9.17) is 0 Å². The fraction of sp³-hybridized carbons (Fsp3) is 0.444. The van der Waals surface area contributed by atoms with Crippen molar-refractivity contribution in [1.29, 1.82) is 0 Å². The molecule has 1 heterocycles. The van der Waals surface area contributed by atoms with Crippen LogP contribution < -0.4 is 5.32 Å². The fourth-order valence-electron chi connectivity index (χ4n) is 2.67. The van der Waals surface area contributed by atoms with Crippen molar-refractivity contribution >= 4 is 5.91 Å². The van der Waals surface area contributed by atoms with E-state index in [1.807, 2.05) is 32.0 Å². The van der Waals surface area contributed by atoms with Crippen molar-refractivity contribution < 1.29 is 4.79 Å². The van der Waals surface area contributed by atoms with Crippen LogP contribution in [0.15, 0.2) is 30.3 Å². The van der Waals surface area contributed by atoms with Gasteiger partial charge in [-0.1, -0.05) is 24.3 Å². The second kappa shape index (κ2) is 6.34. The van der Waals surface area contributed by atoms with Crippen molar-refractivity contribution in [1.82, 2.24) is 15.1 Å². The molecule has 0 bridgehead atoms. The third-order valence-corrected chi connectivity index (χ3v) is 3.78. The number of aryl methyl sites for hydroxylation is 3. The molecule has 0 fully saturated rings. The van der Waals surface area contributed by atoms with Crippen LogP contribution in [0.3, 0.4) is 0 Å². The molecule has 4 heteroatoms. The number of nitrogens with zero attached hydrogens (tertiary/aromatic N) is 2. The number of carbonyl (C=O) groups excluding carboxylic acids is 1. The smallest absolute Gasteiger partial charge is 0.269 e. The molecule has 2 rings (SSSR count). The summed E-state index contributed by atoms with van der Waals surface area (Å²) in [7, 11) is 0. The molecule has 0 saturated heterocycles. The quantitative estimate of drug-likeness (QED) is 0.921. The summed E-state index contributed by atoms with van der Waals surface area (Å²) >= 11 is 0. The third-order valence-electron chi connectivity index (χ3n) is 3.78. The molecular weight excluding hydrogens is 274 g/mol. The van der Waals surface area contributed by atoms with Gasteiger partial charge in [0.2, 0.25) is 0 Å². The molecule has 0 atom stereocenters. The van der Waals surface area contributed by atoms with Gasteiger partial charge in [-0.05, 0) is 58.2 Å². The molecule has 1 N–H and O–H groups in total. The third kappa shape index (κ3) is 3.75. The maximum Gasteiger partial charge on any atom is 0.269 e. The first-order valence-corrected chi connectivity index (χ1v) is 7.74. The van der Waals surface area contributed by atoms with Crippen molar-refractivity contribution in [3.63, 3.8) is 0 Å². The molecular formula is C18H25N3O. The molecule has 0 unspecified atom stereocenters. The van der Waals surface area contributed by atoms with Gasteiger partial charge in [-0.25, -0.2) is 0 Å². The van der Waals surface area contributed by atoms with E-state index in [2.05, 4.69) is 43.3 Å². The van der Waals surface area contributed by atoms with Gasteiger partial charge >= 0.3 is 0 Å². The van der Waals surface area contributed by atoms with Crippen molar-refractivity contribution in [2.45, 2.75) is 53.1 Å². The molecule has 0 radical (unpaired) electrons. The number of rotatable bonds is 5. The van der Waals surface area contributed by atoms with Crippen molar-refractivity contribution in [2.75, 3.05) is 0 Å². The Hall–Kier alpha value is -2.10. The largest absolute Gasteiger partial charge is 0.346 e. The standard InChI is InChI=1S/C18H25N3O/c1-6-21-16(11-14(3)20-21)17(22)19-18(4,5)12-15-10-8-7-9-13(15)2/h7-11H,6,12H2,1-5H3,(H,19,22). The summed E-state index contributed by atoms with van der Waals surface area (Å²) < 4.78 is 1.74. The first-order chi connectivity index (χ1) is 10.3. The number of benzene rings is 1. The summed E-state index contributed by atoms with van der Waals surface area (Å²) in [4.78, 5) is 12.6. The van der Waals surface area contributed by atoms with Crippen molar-refractivity contribution in [3.8, 4) is 0 Å². The van der Waals surface area contributed by atoms with Gasteiger partial charge in [0, 0.05) is 12.1 Å². The van der Waals surface area contributed by atoms with Crippen LogP contribution in [-0.2, 0) is 13.0 Å². The van der Waals surface area contributed by atoms with Gasteiger partial charge < -0.3 is 5.32 Å². The number of hydrogen-bond acceptors (Lipinski definition) is 2. The monoisotopic (exact) mass is 299 g/mol. The van der Waals surface area contributed by atoms with Crippen LogP contribution in [0, 0.1) is 13.8 Å². The van der Waals surface area contributed by atoms with E-state index < -0.39 is 0 Å². The SMILES string of the molecule is CCn1nc(C)cc1C(=O)NC(C)(C)Cc1ccccc1C. The van der Waals surface area contributed by atoms with Gasteiger partial charge in [-0.3, -0.25) is 9.48 Å². The van der Waals surface area contributed by atoms with Crippen LogP contribution >= 0.6 is 0 Å². The van der Waals surface area contributed by atoms with E-state index in [1.54, 1.807) is 4.68 Å². The molecule has 1 amide bonds. The van der Waals surface area contributed by atoms with Crippen LogP contribution in [0.1, 0.15) is 48.1 Å². The first-order valence-electron chi connectivity index (χ1n) is 7.74. The predicted octanol–water partition coefficient (Wildman–Crippen LogP) is 3.27. The van der Waals surface area contributed by atoms with E-state index >= 15 is 0 Å². The average molecular weight is 299 g/mol. The van der Waals surface area contributed by atoms with Gasteiger partial charge in [0.25, 0.3) is 5.91 Å². The Morgan fingerprint density at radius 3 is 2.59 bits per heavy atom. The molecule has 0 aliphatic heterocycles. The van der Waals surface area contributed by atoms with Crippen LogP contribution in [0.5, 0.6) is 0 Å². The van der Waals surface area contributed by atoms with E-state index in [0.717, 1.165) is 12.1 Å². The highest BCUT2D eigenvalue weighted by molar-refractivity contribution is 5.93. The minimum atomic E-state index is -0.320. The molecule has 0 aliphatic rings. The van der Waals surface area contributed by atoms with E-state index in [1.165, 1.54) is 11.1 Å². The lowest BCUT2D eigenvalue weighted by atomic mass is 9.92. The number of carbonyl (C=O) groups is 1. The van der Waals surface area contributed by atoms with Crippen LogP contribution in [0.25, 0.3) is 0 Å². The van der Waals surface area contributed by atoms with Gasteiger partial charge in [-0.2, -0.15) is 5.10 Å². The summed E-state index contributed by atoms with van der Waals surface area (Å²) in [6.45, 7) is 10.8. The molecule has 22 heavy (non-hydrogen) atoms. The van der Waals surface area contributed by atoms with Crippen LogP contribution in [-0.4, -0.2) is 21.2 Å². The number of aromatic nitrogens is 2. The van der Waals surface area contributed by atoms with Gasteiger partial charge in [0.05, 0.1) is 5.69 Å². The zero-order chi connectivity index (χ0) is 16.3. The second-order valence-corrected chi connectivity index (χ2v) is 6.43. The lowest BCUT2D eigenvalue weighted by molar-refractivity contribution is 0.0902. The summed E-state index contributed by atoms with van der Waals surface area (Å²) in [6, 6.07) is 10.1. The summed E-state index contributed by atoms with van der Waals surface area (Å²) in [5, 5.41) is 7.47. The fourth-order valence-corrected chi connectivity index (χ4v) is 2.67. The van der Waals surface area contributed by atoms with E-state index in [9.17, 15) is 4.79 Å². The van der Waals surface area contributed by atoms with E-state index in [0.29, 0.717) is 12.2 Å². The predicted molar refractivity (Wildman–Crippen MR) is 89.1 cm³/mol. The summed E-state index contributed by atoms with van der Waals surface area (Å²) in [5.41, 5.74) is 3.67. The zero-order valence-corrected chi connectivity index (χ0v) is 14.1. The molecule has 0 saturated carbocycles. The number of amides is 1. The Morgan fingerprint density at radius 2 is 1.95 bits per heavy atom. The summed E-state index contributed by atoms with van der Waals surface area (Å²) in [6.07, 6.45) is 0.796. The number of hydrogen-bond donors (Lipinski definition) is 1. The minimum Gasteiger partial charge on any atom is -0.346 e. The Bertz CT molecular complexity index is 671. The zero-order valence-electron chi connectivity index (χ0n) is 14.1. The molecule has 2 aromatic rings. The normalized spacial score (nSPS) is 11.5. The summed E-state index contributed by atoms with van der Waals surface area (Å²) in [5.74, 6) is -0.0685. The van der Waals surface area contributed by atoms with Gasteiger partial charge in [-0.15, -0.1) is 0 Å². The second-order valence-electron chi connectivity index (χ2n) is 6.43. The molecule has 1 aromatic heterocycles. The lowest BCUT2D eigenvalue weighted by Gasteiger charge is -2.27. The number of nitrogens with one attached hydrogen (secondary N) is 1. The Morgan fingerprint density at radius 1 is 1.27 bits per heavy atom. The molecule has 0 spiro atoms. The minimum absolute atomic E-state index is 0.0685. The lowest BCUT2D eigenvalue weighted by Crippen LogP contribution is -2.45. The van der Waals surface area contributed by atoms with Gasteiger partial charge in [0.15, 0.2) is 0 Å². The van der Waals surface area contributed by atoms with Gasteiger partial charge in [0.1, 0.15) is 5.69 Å². The average Bonchev–Trinajstić information content (AvgIpc) is 2.82. The highest BCUT2D eigenvalue weighted by Gasteiger charge is 2.24. The van der Waals surface area contributed by atoms with Crippen LogP contribution in [0.4, 0.5) is 0 Å². The highest BCUT2D eigenvalue weighted by Crippen LogP contribution is 2.17.